The Kier molecular flexibility index (Phi) is 5.66. The van der Waals surface area contributed by atoms with Crippen molar-refractivity contribution < 1.29 is 0 Å². The van der Waals surface area contributed by atoms with Gasteiger partial charge in [0.25, 0.3) is 0 Å². The van der Waals surface area contributed by atoms with Crippen molar-refractivity contribution in [1.29, 1.82) is 0 Å². The lowest BCUT2D eigenvalue weighted by molar-refractivity contribution is 0.140. The minimum Gasteiger partial charge on any atom is -0.316 e. The summed E-state index contributed by atoms with van der Waals surface area (Å²) >= 11 is 0. The zero-order valence-corrected chi connectivity index (χ0v) is 11.1. The van der Waals surface area contributed by atoms with Gasteiger partial charge in [-0.25, -0.2) is 0 Å². The van der Waals surface area contributed by atoms with Gasteiger partial charge >= 0.3 is 0 Å². The summed E-state index contributed by atoms with van der Waals surface area (Å²) in [4.78, 5) is 0. The Bertz CT molecular complexity index is 165. The van der Waals surface area contributed by atoms with Crippen LogP contribution in [0.5, 0.6) is 0 Å². The van der Waals surface area contributed by atoms with E-state index in [2.05, 4.69) is 33.0 Å². The van der Waals surface area contributed by atoms with E-state index in [1.165, 1.54) is 38.8 Å². The van der Waals surface area contributed by atoms with Crippen LogP contribution in [0.1, 0.15) is 53.4 Å². The normalized spacial score (nSPS) is 32.2. The summed E-state index contributed by atoms with van der Waals surface area (Å²) in [5, 5.41) is 3.60. The molecule has 0 spiro atoms. The van der Waals surface area contributed by atoms with E-state index >= 15 is 0 Å². The van der Waals surface area contributed by atoms with Gasteiger partial charge in [0.15, 0.2) is 0 Å². The van der Waals surface area contributed by atoms with Crippen LogP contribution in [0.3, 0.4) is 0 Å². The fourth-order valence-corrected chi connectivity index (χ4v) is 3.02. The molecule has 3 unspecified atom stereocenters. The third-order valence-corrected chi connectivity index (χ3v) is 4.00. The summed E-state index contributed by atoms with van der Waals surface area (Å²) in [7, 11) is 0. The van der Waals surface area contributed by atoms with Gasteiger partial charge < -0.3 is 5.32 Å². The van der Waals surface area contributed by atoms with E-state index < -0.39 is 0 Å². The summed E-state index contributed by atoms with van der Waals surface area (Å²) in [5.41, 5.74) is 0. The van der Waals surface area contributed by atoms with E-state index in [4.69, 9.17) is 0 Å². The van der Waals surface area contributed by atoms with Gasteiger partial charge in [-0.15, -0.1) is 0 Å². The number of hydrogen-bond acceptors (Lipinski definition) is 1. The highest BCUT2D eigenvalue weighted by molar-refractivity contribution is 4.81. The maximum absolute atomic E-state index is 3.60. The topological polar surface area (TPSA) is 12.0 Å². The molecule has 1 fully saturated rings. The Morgan fingerprint density at radius 3 is 2.60 bits per heavy atom. The zero-order valence-electron chi connectivity index (χ0n) is 11.1. The van der Waals surface area contributed by atoms with E-state index in [0.29, 0.717) is 0 Å². The minimum atomic E-state index is 0.862. The van der Waals surface area contributed by atoms with Crippen molar-refractivity contribution in [3.63, 3.8) is 0 Å². The van der Waals surface area contributed by atoms with Crippen molar-refractivity contribution in [3.05, 3.63) is 0 Å². The fourth-order valence-electron chi connectivity index (χ4n) is 3.02. The average molecular weight is 211 g/mol. The van der Waals surface area contributed by atoms with Crippen molar-refractivity contribution in [2.45, 2.75) is 53.4 Å². The van der Waals surface area contributed by atoms with Crippen molar-refractivity contribution in [2.75, 3.05) is 13.1 Å². The standard InChI is InChI=1S/C14H29N/c1-5-8-15-10-13-7-6-12(4)9-14(13)11(2)3/h11-15H,5-10H2,1-4H3. The molecule has 1 rings (SSSR count). The molecule has 90 valence electrons. The molecule has 0 radical (unpaired) electrons. The SMILES string of the molecule is CCCNCC1CCC(C)CC1C(C)C. The maximum atomic E-state index is 3.60. The predicted molar refractivity (Wildman–Crippen MR) is 68.0 cm³/mol. The van der Waals surface area contributed by atoms with Crippen LogP contribution in [-0.2, 0) is 0 Å². The van der Waals surface area contributed by atoms with Crippen LogP contribution in [0.4, 0.5) is 0 Å². The van der Waals surface area contributed by atoms with Crippen LogP contribution in [-0.4, -0.2) is 13.1 Å². The number of hydrogen-bond donors (Lipinski definition) is 1. The van der Waals surface area contributed by atoms with Crippen molar-refractivity contribution >= 4 is 0 Å². The highest BCUT2D eigenvalue weighted by Gasteiger charge is 2.30. The fraction of sp³-hybridized carbons (Fsp3) is 1.00. The van der Waals surface area contributed by atoms with Gasteiger partial charge in [-0.1, -0.05) is 34.1 Å². The van der Waals surface area contributed by atoms with Crippen LogP contribution in [0.15, 0.2) is 0 Å². The first-order valence-electron chi connectivity index (χ1n) is 6.85. The van der Waals surface area contributed by atoms with Crippen LogP contribution in [0, 0.1) is 23.7 Å². The quantitative estimate of drug-likeness (QED) is 0.684. The molecule has 1 nitrogen and oxygen atoms in total. The largest absolute Gasteiger partial charge is 0.316 e. The van der Waals surface area contributed by atoms with Gasteiger partial charge in [-0.05, 0) is 56.0 Å². The third-order valence-electron chi connectivity index (χ3n) is 4.00. The van der Waals surface area contributed by atoms with Crippen LogP contribution < -0.4 is 5.32 Å². The van der Waals surface area contributed by atoms with E-state index in [1.807, 2.05) is 0 Å². The van der Waals surface area contributed by atoms with Crippen molar-refractivity contribution in [1.82, 2.24) is 5.32 Å². The lowest BCUT2D eigenvalue weighted by atomic mass is 9.70. The van der Waals surface area contributed by atoms with E-state index in [0.717, 1.165) is 23.7 Å². The van der Waals surface area contributed by atoms with Gasteiger partial charge in [0.1, 0.15) is 0 Å². The summed E-state index contributed by atoms with van der Waals surface area (Å²) < 4.78 is 0. The van der Waals surface area contributed by atoms with Gasteiger partial charge in [-0.3, -0.25) is 0 Å². The predicted octanol–water partition coefficient (Wildman–Crippen LogP) is 3.69. The molecule has 15 heavy (non-hydrogen) atoms. The number of nitrogens with one attached hydrogen (secondary N) is 1. The number of rotatable bonds is 5. The monoisotopic (exact) mass is 211 g/mol. The molecule has 0 amide bonds. The Balaban J connectivity index is 2.38. The van der Waals surface area contributed by atoms with E-state index in [1.54, 1.807) is 0 Å². The Morgan fingerprint density at radius 1 is 1.27 bits per heavy atom. The van der Waals surface area contributed by atoms with Crippen molar-refractivity contribution in [3.8, 4) is 0 Å². The third kappa shape index (κ3) is 4.14. The van der Waals surface area contributed by atoms with E-state index in [-0.39, 0.29) is 0 Å². The van der Waals surface area contributed by atoms with Crippen molar-refractivity contribution in [2.24, 2.45) is 23.7 Å². The van der Waals surface area contributed by atoms with Crippen LogP contribution in [0.25, 0.3) is 0 Å². The maximum Gasteiger partial charge on any atom is -0.00178 e. The lowest BCUT2D eigenvalue weighted by Gasteiger charge is -2.37. The molecule has 0 heterocycles. The summed E-state index contributed by atoms with van der Waals surface area (Å²) in [5.74, 6) is 3.71. The Hall–Kier alpha value is -0.0400. The average Bonchev–Trinajstić information content (AvgIpc) is 2.20. The van der Waals surface area contributed by atoms with Gasteiger partial charge in [0, 0.05) is 0 Å². The summed E-state index contributed by atoms with van der Waals surface area (Å²) in [6.45, 7) is 11.9. The molecule has 1 N–H and O–H groups in total. The lowest BCUT2D eigenvalue weighted by Crippen LogP contribution is -2.35. The molecular weight excluding hydrogens is 182 g/mol. The van der Waals surface area contributed by atoms with Gasteiger partial charge in [0.05, 0.1) is 0 Å². The smallest absolute Gasteiger partial charge is 0.00178 e. The highest BCUT2D eigenvalue weighted by Crippen LogP contribution is 2.37. The van der Waals surface area contributed by atoms with Crippen LogP contribution >= 0.6 is 0 Å². The summed E-state index contributed by atoms with van der Waals surface area (Å²) in [6, 6.07) is 0. The van der Waals surface area contributed by atoms with E-state index in [9.17, 15) is 0 Å². The molecule has 1 saturated carbocycles. The molecule has 3 atom stereocenters. The second-order valence-corrected chi connectivity index (χ2v) is 5.79. The molecule has 0 aromatic rings. The minimum absolute atomic E-state index is 0.862. The second kappa shape index (κ2) is 6.52. The van der Waals surface area contributed by atoms with Gasteiger partial charge in [-0.2, -0.15) is 0 Å². The molecule has 0 aromatic carbocycles. The summed E-state index contributed by atoms with van der Waals surface area (Å²) in [6.07, 6.45) is 5.61. The zero-order chi connectivity index (χ0) is 11.3. The molecule has 0 aliphatic heterocycles. The van der Waals surface area contributed by atoms with Crippen LogP contribution in [0.2, 0.25) is 0 Å². The Morgan fingerprint density at radius 2 is 2.00 bits per heavy atom. The molecule has 1 aliphatic carbocycles. The Labute approximate surface area is 96.0 Å². The molecule has 1 heteroatoms. The van der Waals surface area contributed by atoms with Gasteiger partial charge in [0.2, 0.25) is 0 Å². The first-order valence-corrected chi connectivity index (χ1v) is 6.85. The first-order chi connectivity index (χ1) is 7.15. The molecule has 0 bridgehead atoms. The highest BCUT2D eigenvalue weighted by atomic mass is 14.9. The molecule has 0 aromatic heterocycles. The molecule has 0 saturated heterocycles. The molecule has 1 aliphatic rings. The second-order valence-electron chi connectivity index (χ2n) is 5.79. The molecular formula is C14H29N. The first kappa shape index (κ1) is 13.0.